The lowest BCUT2D eigenvalue weighted by Gasteiger charge is -2.05. The molecule has 0 unspecified atom stereocenters. The van der Waals surface area contributed by atoms with Crippen LogP contribution in [-0.2, 0) is 6.18 Å². The molecular formula is C6H2F3N3O3. The first kappa shape index (κ1) is 11.0. The first-order valence-electron chi connectivity index (χ1n) is 3.39. The summed E-state index contributed by atoms with van der Waals surface area (Å²) < 4.78 is 36.6. The number of nitrogens with zero attached hydrogens (tertiary/aromatic N) is 3. The average molecular weight is 221 g/mol. The first-order chi connectivity index (χ1) is 6.88. The van der Waals surface area contributed by atoms with Crippen LogP contribution in [0.3, 0.4) is 0 Å². The topological polar surface area (TPSA) is 86.0 Å². The van der Waals surface area contributed by atoms with Crippen molar-refractivity contribution in [2.75, 3.05) is 0 Å². The van der Waals surface area contributed by atoms with E-state index in [0.717, 1.165) is 0 Å². The summed E-state index contributed by atoms with van der Waals surface area (Å²) in [5.41, 5.74) is -4.06. The Morgan fingerprint density at radius 3 is 2.40 bits per heavy atom. The number of halogens is 3. The maximum atomic E-state index is 12.2. The highest BCUT2D eigenvalue weighted by Crippen LogP contribution is 2.34. The number of nitro groups is 1. The number of alkyl halides is 3. The third kappa shape index (κ3) is 2.06. The lowest BCUT2D eigenvalue weighted by atomic mass is 10.2. The molecule has 0 radical (unpaired) electrons. The molecule has 15 heavy (non-hydrogen) atoms. The van der Waals surface area contributed by atoms with E-state index in [-0.39, 0.29) is 6.29 Å². The molecule has 0 spiro atoms. The van der Waals surface area contributed by atoms with Crippen LogP contribution in [-0.4, -0.2) is 21.2 Å². The Labute approximate surface area is 79.9 Å². The fraction of sp³-hybridized carbons (Fsp3) is 0.167. The van der Waals surface area contributed by atoms with Gasteiger partial charge in [-0.25, -0.2) is 9.97 Å². The molecule has 0 N–H and O–H groups in total. The third-order valence-electron chi connectivity index (χ3n) is 1.41. The molecule has 0 fully saturated rings. The van der Waals surface area contributed by atoms with E-state index in [1.54, 1.807) is 0 Å². The summed E-state index contributed by atoms with van der Waals surface area (Å²) in [4.78, 5) is 25.0. The molecule has 1 aromatic rings. The lowest BCUT2D eigenvalue weighted by Crippen LogP contribution is -2.14. The van der Waals surface area contributed by atoms with Crippen molar-refractivity contribution >= 4 is 12.0 Å². The van der Waals surface area contributed by atoms with Crippen molar-refractivity contribution in [1.29, 1.82) is 0 Å². The zero-order chi connectivity index (χ0) is 11.6. The zero-order valence-electron chi connectivity index (χ0n) is 6.85. The van der Waals surface area contributed by atoms with Crippen molar-refractivity contribution in [2.24, 2.45) is 0 Å². The van der Waals surface area contributed by atoms with E-state index in [1.165, 1.54) is 0 Å². The van der Waals surface area contributed by atoms with Gasteiger partial charge in [0.15, 0.2) is 12.0 Å². The molecule has 1 aromatic heterocycles. The smallest absolute Gasteiger partial charge is 0.296 e. The number of carbonyl (C=O) groups excluding carboxylic acids is 1. The quantitative estimate of drug-likeness (QED) is 0.425. The summed E-state index contributed by atoms with van der Waals surface area (Å²) in [5, 5.41) is 10.3. The average Bonchev–Trinajstić information content (AvgIpc) is 2.15. The first-order valence-corrected chi connectivity index (χ1v) is 3.39. The number of carbonyl (C=O) groups is 1. The number of aldehydes is 1. The fourth-order valence-electron chi connectivity index (χ4n) is 0.866. The minimum absolute atomic E-state index is 0.130. The van der Waals surface area contributed by atoms with Crippen LogP contribution in [0, 0.1) is 10.1 Å². The van der Waals surface area contributed by atoms with Gasteiger partial charge in [-0.2, -0.15) is 13.2 Å². The molecule has 0 bridgehead atoms. The summed E-state index contributed by atoms with van der Waals surface area (Å²) in [6.07, 6.45) is -4.68. The Hall–Kier alpha value is -2.06. The molecule has 1 heterocycles. The Balaban J connectivity index is 3.52. The highest BCUT2D eigenvalue weighted by Gasteiger charge is 2.42. The molecule has 9 heteroatoms. The van der Waals surface area contributed by atoms with Crippen LogP contribution < -0.4 is 0 Å². The second-order valence-electron chi connectivity index (χ2n) is 2.33. The molecule has 80 valence electrons. The molecule has 0 aromatic carbocycles. The number of hydrogen-bond acceptors (Lipinski definition) is 5. The van der Waals surface area contributed by atoms with E-state index in [1.807, 2.05) is 0 Å². The Bertz CT molecular complexity index is 418. The van der Waals surface area contributed by atoms with Gasteiger partial charge in [-0.1, -0.05) is 0 Å². The van der Waals surface area contributed by atoms with Crippen LogP contribution in [0.5, 0.6) is 0 Å². The van der Waals surface area contributed by atoms with Gasteiger partial charge in [-0.05, 0) is 0 Å². The van der Waals surface area contributed by atoms with E-state index < -0.39 is 28.2 Å². The summed E-state index contributed by atoms with van der Waals surface area (Å²) in [7, 11) is 0. The lowest BCUT2D eigenvalue weighted by molar-refractivity contribution is -0.389. The largest absolute Gasteiger partial charge is 0.440 e. The van der Waals surface area contributed by atoms with Crippen molar-refractivity contribution < 1.29 is 22.9 Å². The zero-order valence-corrected chi connectivity index (χ0v) is 6.85. The highest BCUT2D eigenvalue weighted by atomic mass is 19.4. The maximum Gasteiger partial charge on any atom is 0.440 e. The van der Waals surface area contributed by atoms with Crippen LogP contribution in [0.4, 0.5) is 18.9 Å². The van der Waals surface area contributed by atoms with Gasteiger partial charge in [0.1, 0.15) is 6.33 Å². The fourth-order valence-corrected chi connectivity index (χ4v) is 0.866. The minimum Gasteiger partial charge on any atom is -0.296 e. The van der Waals surface area contributed by atoms with Crippen molar-refractivity contribution in [3.63, 3.8) is 0 Å². The van der Waals surface area contributed by atoms with Crippen LogP contribution in [0.25, 0.3) is 0 Å². The van der Waals surface area contributed by atoms with E-state index >= 15 is 0 Å². The summed E-state index contributed by atoms with van der Waals surface area (Å²) in [6, 6.07) is 0. The van der Waals surface area contributed by atoms with Gasteiger partial charge in [0.05, 0.1) is 4.92 Å². The van der Waals surface area contributed by atoms with E-state index in [2.05, 4.69) is 9.97 Å². The van der Waals surface area contributed by atoms with Gasteiger partial charge in [-0.15, -0.1) is 0 Å². The molecule has 1 rings (SSSR count). The van der Waals surface area contributed by atoms with Crippen LogP contribution in [0.1, 0.15) is 16.2 Å². The Kier molecular flexibility index (Phi) is 2.64. The number of hydrogen-bond donors (Lipinski definition) is 0. The maximum absolute atomic E-state index is 12.2. The number of rotatable bonds is 2. The molecule has 0 saturated carbocycles. The van der Waals surface area contributed by atoms with Crippen LogP contribution in [0.2, 0.25) is 0 Å². The molecule has 0 aliphatic rings. The van der Waals surface area contributed by atoms with E-state index in [9.17, 15) is 28.1 Å². The van der Waals surface area contributed by atoms with Gasteiger partial charge >= 0.3 is 11.9 Å². The summed E-state index contributed by atoms with van der Waals surface area (Å²) in [5.74, 6) is 0. The molecule has 0 saturated heterocycles. The molecule has 0 amide bonds. The number of aromatic nitrogens is 2. The van der Waals surface area contributed by atoms with Gasteiger partial charge in [-0.3, -0.25) is 14.9 Å². The van der Waals surface area contributed by atoms with Crippen molar-refractivity contribution in [1.82, 2.24) is 9.97 Å². The van der Waals surface area contributed by atoms with Gasteiger partial charge in [0, 0.05) is 0 Å². The second-order valence-corrected chi connectivity index (χ2v) is 2.33. The molecule has 0 aliphatic carbocycles. The molecule has 0 atom stereocenters. The minimum atomic E-state index is -5.00. The van der Waals surface area contributed by atoms with Gasteiger partial charge < -0.3 is 0 Å². The SMILES string of the molecule is O=Cc1ncnc(C(F)(F)F)c1[N+](=O)[O-]. The third-order valence-corrected chi connectivity index (χ3v) is 1.41. The van der Waals surface area contributed by atoms with E-state index in [0.29, 0.717) is 6.33 Å². The van der Waals surface area contributed by atoms with Crippen molar-refractivity contribution in [2.45, 2.75) is 6.18 Å². The predicted octanol–water partition coefficient (Wildman–Crippen LogP) is 1.22. The van der Waals surface area contributed by atoms with Crippen LogP contribution in [0.15, 0.2) is 6.33 Å². The molecule has 0 aliphatic heterocycles. The highest BCUT2D eigenvalue weighted by molar-refractivity contribution is 5.79. The molecular weight excluding hydrogens is 219 g/mol. The normalized spacial score (nSPS) is 11.1. The van der Waals surface area contributed by atoms with Gasteiger partial charge in [0.25, 0.3) is 0 Å². The molecule has 6 nitrogen and oxygen atoms in total. The Morgan fingerprint density at radius 1 is 1.40 bits per heavy atom. The monoisotopic (exact) mass is 221 g/mol. The summed E-state index contributed by atoms with van der Waals surface area (Å²) >= 11 is 0. The van der Waals surface area contributed by atoms with Crippen molar-refractivity contribution in [3.8, 4) is 0 Å². The summed E-state index contributed by atoms with van der Waals surface area (Å²) in [6.45, 7) is 0. The van der Waals surface area contributed by atoms with Gasteiger partial charge in [0.2, 0.25) is 5.69 Å². The van der Waals surface area contributed by atoms with Crippen molar-refractivity contribution in [3.05, 3.63) is 27.8 Å². The Morgan fingerprint density at radius 2 is 2.00 bits per heavy atom. The van der Waals surface area contributed by atoms with E-state index in [4.69, 9.17) is 0 Å². The van der Waals surface area contributed by atoms with Crippen LogP contribution >= 0.6 is 0 Å². The predicted molar refractivity (Wildman–Crippen MR) is 39.1 cm³/mol. The second kappa shape index (κ2) is 3.59. The standard InChI is InChI=1S/C6H2F3N3O3/c7-6(8,9)5-4(12(14)15)3(1-13)10-2-11-5/h1-2H.